The largest absolute Gasteiger partial charge is 0.346 e. The van der Waals surface area contributed by atoms with Crippen molar-refractivity contribution in [1.82, 2.24) is 15.8 Å². The number of likely N-dealkylation sites (tertiary alicyclic amines) is 1. The molecule has 0 unspecified atom stereocenters. The molecule has 0 saturated carbocycles. The van der Waals surface area contributed by atoms with E-state index in [1.807, 2.05) is 21.1 Å². The van der Waals surface area contributed by atoms with E-state index in [9.17, 15) is 4.79 Å². The van der Waals surface area contributed by atoms with Gasteiger partial charge in [-0.1, -0.05) is 0 Å². The van der Waals surface area contributed by atoms with Crippen LogP contribution in [0.15, 0.2) is 0 Å². The quantitative estimate of drug-likeness (QED) is 0.296. The number of rotatable bonds is 1. The molecule has 1 heterocycles. The van der Waals surface area contributed by atoms with Gasteiger partial charge >= 0.3 is 0 Å². The fourth-order valence-corrected chi connectivity index (χ4v) is 0.783. The Labute approximate surface area is 79.6 Å². The maximum atomic E-state index is 10.5. The molecule has 1 aliphatic rings. The van der Waals surface area contributed by atoms with Gasteiger partial charge in [-0.3, -0.25) is 27.3 Å². The Balaban J connectivity index is 0. The Morgan fingerprint density at radius 1 is 1.31 bits per heavy atom. The predicted octanol–water partition coefficient (Wildman–Crippen LogP) is -1.60. The number of amides is 1. The number of hydrazine groups is 2. The molecular formula is C7H21N5O. The van der Waals surface area contributed by atoms with E-state index in [-0.39, 0.29) is 0 Å². The zero-order chi connectivity index (χ0) is 10.7. The highest BCUT2D eigenvalue weighted by Gasteiger charge is 2.14. The molecule has 0 aromatic heterocycles. The van der Waals surface area contributed by atoms with Gasteiger partial charge in [0.2, 0.25) is 5.91 Å². The molecule has 6 heteroatoms. The maximum Gasteiger partial charge on any atom is 0.222 e. The van der Waals surface area contributed by atoms with Crippen LogP contribution in [0.2, 0.25) is 0 Å². The first kappa shape index (κ1) is 14.8. The van der Waals surface area contributed by atoms with E-state index in [0.717, 1.165) is 19.4 Å². The van der Waals surface area contributed by atoms with Gasteiger partial charge in [0.05, 0.1) is 0 Å². The summed E-state index contributed by atoms with van der Waals surface area (Å²) in [5.41, 5.74) is 5.36. The van der Waals surface area contributed by atoms with Gasteiger partial charge in [0, 0.05) is 20.0 Å². The van der Waals surface area contributed by atoms with Gasteiger partial charge in [-0.25, -0.2) is 0 Å². The molecule has 0 atom stereocenters. The monoisotopic (exact) mass is 191 g/mol. The van der Waals surface area contributed by atoms with E-state index < -0.39 is 0 Å². The first-order valence-electron chi connectivity index (χ1n) is 4.13. The fourth-order valence-electron chi connectivity index (χ4n) is 0.783. The first-order chi connectivity index (χ1) is 6.22. The summed E-state index contributed by atoms with van der Waals surface area (Å²) in [6, 6.07) is 0. The van der Waals surface area contributed by atoms with Crippen molar-refractivity contribution in [3.05, 3.63) is 0 Å². The van der Waals surface area contributed by atoms with E-state index in [4.69, 9.17) is 0 Å². The second-order valence-corrected chi connectivity index (χ2v) is 2.42. The second kappa shape index (κ2) is 11.3. The standard InChI is InChI=1S/C5H9NO.C2H8N2.H4N2/c1-6-4-2-3-5(6)7;1-3-4-2;1-2/h2-4H2,1H3;3-4H,1-2H3;1-2H2. The van der Waals surface area contributed by atoms with E-state index in [1.165, 1.54) is 0 Å². The molecular weight excluding hydrogens is 170 g/mol. The van der Waals surface area contributed by atoms with Crippen LogP contribution in [0.3, 0.4) is 0 Å². The summed E-state index contributed by atoms with van der Waals surface area (Å²) < 4.78 is 0. The van der Waals surface area contributed by atoms with Crippen molar-refractivity contribution in [3.63, 3.8) is 0 Å². The lowest BCUT2D eigenvalue weighted by Crippen LogP contribution is -2.21. The van der Waals surface area contributed by atoms with Gasteiger partial charge in [0.1, 0.15) is 0 Å². The summed E-state index contributed by atoms with van der Waals surface area (Å²) in [4.78, 5) is 12.3. The number of nitrogens with zero attached hydrogens (tertiary/aromatic N) is 1. The topological polar surface area (TPSA) is 96.4 Å². The summed E-state index contributed by atoms with van der Waals surface area (Å²) in [6.45, 7) is 0.957. The van der Waals surface area contributed by atoms with E-state index in [1.54, 1.807) is 4.90 Å². The molecule has 1 fully saturated rings. The predicted molar refractivity (Wildman–Crippen MR) is 53.4 cm³/mol. The number of carbonyl (C=O) groups excluding carboxylic acids is 1. The third kappa shape index (κ3) is 9.22. The highest BCUT2D eigenvalue weighted by molar-refractivity contribution is 5.77. The molecule has 1 amide bonds. The Morgan fingerprint density at radius 3 is 1.85 bits per heavy atom. The summed E-state index contributed by atoms with van der Waals surface area (Å²) in [5.74, 6) is 8.29. The third-order valence-electron chi connectivity index (χ3n) is 1.56. The average Bonchev–Trinajstić information content (AvgIpc) is 2.55. The van der Waals surface area contributed by atoms with E-state index in [2.05, 4.69) is 22.5 Å². The van der Waals surface area contributed by atoms with Crippen LogP contribution in [0.1, 0.15) is 12.8 Å². The molecule has 0 spiro atoms. The Bertz CT molecular complexity index is 117. The van der Waals surface area contributed by atoms with Crippen LogP contribution in [0.4, 0.5) is 0 Å². The number of nitrogens with one attached hydrogen (secondary N) is 2. The zero-order valence-electron chi connectivity index (χ0n) is 8.63. The highest BCUT2D eigenvalue weighted by atomic mass is 16.2. The van der Waals surface area contributed by atoms with Crippen LogP contribution >= 0.6 is 0 Å². The minimum Gasteiger partial charge on any atom is -0.346 e. The SMILES string of the molecule is CN1CCCC1=O.CNNC.NN. The molecule has 1 rings (SSSR count). The lowest BCUT2D eigenvalue weighted by atomic mass is 10.4. The van der Waals surface area contributed by atoms with Crippen LogP contribution in [0.25, 0.3) is 0 Å². The molecule has 0 aliphatic carbocycles. The zero-order valence-corrected chi connectivity index (χ0v) is 8.63. The molecule has 80 valence electrons. The number of carbonyl (C=O) groups is 1. The van der Waals surface area contributed by atoms with Gasteiger partial charge in [-0.05, 0) is 20.5 Å². The van der Waals surface area contributed by atoms with E-state index in [0.29, 0.717) is 5.91 Å². The van der Waals surface area contributed by atoms with E-state index >= 15 is 0 Å². The van der Waals surface area contributed by atoms with Crippen LogP contribution in [-0.2, 0) is 4.79 Å². The number of hydrogen-bond donors (Lipinski definition) is 4. The molecule has 1 saturated heterocycles. The van der Waals surface area contributed by atoms with Crippen molar-refractivity contribution in [2.45, 2.75) is 12.8 Å². The average molecular weight is 191 g/mol. The molecule has 6 nitrogen and oxygen atoms in total. The van der Waals surface area contributed by atoms with Crippen molar-refractivity contribution in [3.8, 4) is 0 Å². The molecule has 0 bridgehead atoms. The molecule has 1 aliphatic heterocycles. The lowest BCUT2D eigenvalue weighted by Gasteiger charge is -2.03. The molecule has 0 aromatic carbocycles. The van der Waals surface area contributed by atoms with Crippen LogP contribution < -0.4 is 22.5 Å². The lowest BCUT2D eigenvalue weighted by molar-refractivity contribution is -0.126. The first-order valence-corrected chi connectivity index (χ1v) is 4.13. The van der Waals surface area contributed by atoms with Gasteiger partial charge in [0.15, 0.2) is 0 Å². The maximum absolute atomic E-state index is 10.5. The van der Waals surface area contributed by atoms with Crippen LogP contribution in [0.5, 0.6) is 0 Å². The summed E-state index contributed by atoms with van der Waals surface area (Å²) in [5, 5.41) is 0. The molecule has 6 N–H and O–H groups in total. The van der Waals surface area contributed by atoms with Crippen molar-refractivity contribution in [2.75, 3.05) is 27.7 Å². The van der Waals surface area contributed by atoms with Gasteiger partial charge < -0.3 is 4.90 Å². The minimum atomic E-state index is 0.292. The second-order valence-electron chi connectivity index (χ2n) is 2.42. The minimum absolute atomic E-state index is 0.292. The van der Waals surface area contributed by atoms with Crippen LogP contribution in [0, 0.1) is 0 Å². The Morgan fingerprint density at radius 2 is 1.77 bits per heavy atom. The van der Waals surface area contributed by atoms with Gasteiger partial charge in [-0.15, -0.1) is 0 Å². The third-order valence-corrected chi connectivity index (χ3v) is 1.56. The smallest absolute Gasteiger partial charge is 0.222 e. The Kier molecular flexibility index (Phi) is 12.9. The normalized spacial score (nSPS) is 14.2. The van der Waals surface area contributed by atoms with Crippen LogP contribution in [-0.4, -0.2) is 38.5 Å². The highest BCUT2D eigenvalue weighted by Crippen LogP contribution is 2.04. The summed E-state index contributed by atoms with van der Waals surface area (Å²) in [7, 11) is 5.48. The van der Waals surface area contributed by atoms with Crippen molar-refractivity contribution >= 4 is 5.91 Å². The Hall–Kier alpha value is -0.690. The summed E-state index contributed by atoms with van der Waals surface area (Å²) >= 11 is 0. The fraction of sp³-hybridized carbons (Fsp3) is 0.857. The molecule has 0 radical (unpaired) electrons. The molecule has 0 aromatic rings. The van der Waals surface area contributed by atoms with Crippen molar-refractivity contribution in [1.29, 1.82) is 0 Å². The summed E-state index contributed by atoms with van der Waals surface area (Å²) in [6.07, 6.45) is 1.81. The van der Waals surface area contributed by atoms with Gasteiger partial charge in [0.25, 0.3) is 0 Å². The molecule has 13 heavy (non-hydrogen) atoms. The van der Waals surface area contributed by atoms with Crippen molar-refractivity contribution in [2.24, 2.45) is 11.7 Å². The number of hydrogen-bond acceptors (Lipinski definition) is 5. The van der Waals surface area contributed by atoms with Gasteiger partial charge in [-0.2, -0.15) is 0 Å². The number of nitrogens with two attached hydrogens (primary N) is 2. The van der Waals surface area contributed by atoms with Crippen molar-refractivity contribution < 1.29 is 4.79 Å².